The first-order valence-corrected chi connectivity index (χ1v) is 3.46. The molecule has 0 fully saturated rings. The summed E-state index contributed by atoms with van der Waals surface area (Å²) in [7, 11) is 3.25. The number of ether oxygens (including phenoxy) is 1. The van der Waals surface area contributed by atoms with Crippen molar-refractivity contribution in [2.75, 3.05) is 40.4 Å². The molecule has 0 aromatic rings. The summed E-state index contributed by atoms with van der Waals surface area (Å²) in [4.78, 5) is 0. The second-order valence-corrected chi connectivity index (χ2v) is 2.19. The van der Waals surface area contributed by atoms with E-state index in [2.05, 4.69) is 5.32 Å². The van der Waals surface area contributed by atoms with Gasteiger partial charge in [-0.3, -0.25) is 0 Å². The van der Waals surface area contributed by atoms with Crippen LogP contribution < -0.4 is 10.4 Å². The summed E-state index contributed by atoms with van der Waals surface area (Å²) in [5.74, 6) is 0. The molecular weight excluding hydrogens is 132 g/mol. The summed E-state index contributed by atoms with van der Waals surface area (Å²) in [5.41, 5.74) is 0. The Morgan fingerprint density at radius 3 is 2.70 bits per heavy atom. The van der Waals surface area contributed by atoms with Gasteiger partial charge in [-0.15, -0.1) is 0 Å². The first kappa shape index (κ1) is 9.84. The van der Waals surface area contributed by atoms with Gasteiger partial charge >= 0.3 is 0 Å². The first-order valence-electron chi connectivity index (χ1n) is 3.46. The molecule has 1 atom stereocenters. The SMILES string of the molecule is COCCNCC[NH+](C)[O-]. The minimum absolute atomic E-state index is 0.227. The van der Waals surface area contributed by atoms with Crippen LogP contribution in [-0.4, -0.2) is 40.4 Å². The molecule has 0 saturated heterocycles. The van der Waals surface area contributed by atoms with Crippen LogP contribution >= 0.6 is 0 Å². The van der Waals surface area contributed by atoms with Crippen molar-refractivity contribution in [1.82, 2.24) is 5.32 Å². The Kier molecular flexibility index (Phi) is 6.84. The van der Waals surface area contributed by atoms with Crippen LogP contribution in [0.4, 0.5) is 0 Å². The van der Waals surface area contributed by atoms with Gasteiger partial charge in [-0.05, 0) is 0 Å². The molecule has 0 aliphatic carbocycles. The van der Waals surface area contributed by atoms with E-state index in [4.69, 9.17) is 4.74 Å². The average molecular weight is 148 g/mol. The number of rotatable bonds is 6. The number of hydrogen-bond acceptors (Lipinski definition) is 3. The molecule has 0 spiro atoms. The predicted octanol–water partition coefficient (Wildman–Crippen LogP) is -1.77. The van der Waals surface area contributed by atoms with Gasteiger partial charge in [0.05, 0.1) is 20.2 Å². The van der Waals surface area contributed by atoms with E-state index in [-0.39, 0.29) is 5.06 Å². The lowest BCUT2D eigenvalue weighted by Crippen LogP contribution is -3.04. The monoisotopic (exact) mass is 148 g/mol. The minimum Gasteiger partial charge on any atom is -0.634 e. The maximum atomic E-state index is 10.4. The van der Waals surface area contributed by atoms with Crippen LogP contribution in [0, 0.1) is 5.21 Å². The van der Waals surface area contributed by atoms with Crippen molar-refractivity contribution in [3.63, 3.8) is 0 Å². The Morgan fingerprint density at radius 2 is 2.20 bits per heavy atom. The van der Waals surface area contributed by atoms with Crippen molar-refractivity contribution in [1.29, 1.82) is 0 Å². The van der Waals surface area contributed by atoms with Crippen molar-refractivity contribution in [2.45, 2.75) is 0 Å². The molecule has 0 saturated carbocycles. The molecule has 0 heterocycles. The lowest BCUT2D eigenvalue weighted by atomic mass is 10.6. The van der Waals surface area contributed by atoms with Crippen LogP contribution in [0.5, 0.6) is 0 Å². The molecule has 2 N–H and O–H groups in total. The number of quaternary nitrogens is 1. The Morgan fingerprint density at radius 1 is 1.50 bits per heavy atom. The molecule has 0 rings (SSSR count). The molecule has 10 heavy (non-hydrogen) atoms. The van der Waals surface area contributed by atoms with Crippen LogP contribution in [0.1, 0.15) is 0 Å². The van der Waals surface area contributed by atoms with Gasteiger partial charge in [-0.1, -0.05) is 0 Å². The highest BCUT2D eigenvalue weighted by molar-refractivity contribution is 4.42. The third-order valence-electron chi connectivity index (χ3n) is 1.14. The Balaban J connectivity index is 2.77. The topological polar surface area (TPSA) is 48.8 Å². The zero-order chi connectivity index (χ0) is 7.82. The molecule has 0 aromatic heterocycles. The molecule has 4 nitrogen and oxygen atoms in total. The van der Waals surface area contributed by atoms with Gasteiger partial charge in [-0.2, -0.15) is 0 Å². The van der Waals surface area contributed by atoms with Gasteiger partial charge < -0.3 is 20.3 Å². The van der Waals surface area contributed by atoms with E-state index in [0.717, 1.165) is 13.1 Å². The molecule has 0 amide bonds. The van der Waals surface area contributed by atoms with E-state index in [0.29, 0.717) is 13.2 Å². The van der Waals surface area contributed by atoms with E-state index < -0.39 is 0 Å². The highest BCUT2D eigenvalue weighted by atomic mass is 16.5. The molecule has 62 valence electrons. The second-order valence-electron chi connectivity index (χ2n) is 2.19. The van der Waals surface area contributed by atoms with Crippen molar-refractivity contribution < 1.29 is 9.80 Å². The molecule has 0 aromatic carbocycles. The molecule has 0 bridgehead atoms. The van der Waals surface area contributed by atoms with Gasteiger partial charge in [0.15, 0.2) is 0 Å². The largest absolute Gasteiger partial charge is 0.634 e. The summed E-state index contributed by atoms with van der Waals surface area (Å²) in [5, 5.41) is 13.7. The molecule has 0 aliphatic heterocycles. The van der Waals surface area contributed by atoms with Crippen LogP contribution in [-0.2, 0) is 4.74 Å². The molecule has 1 unspecified atom stereocenters. The fraction of sp³-hybridized carbons (Fsp3) is 1.00. The predicted molar refractivity (Wildman–Crippen MR) is 39.9 cm³/mol. The smallest absolute Gasteiger partial charge is 0.0893 e. The number of nitrogens with one attached hydrogen (secondary N) is 2. The Bertz CT molecular complexity index is 68.8. The summed E-state index contributed by atoms with van der Waals surface area (Å²) >= 11 is 0. The van der Waals surface area contributed by atoms with E-state index >= 15 is 0 Å². The fourth-order valence-corrected chi connectivity index (χ4v) is 0.564. The first-order chi connectivity index (χ1) is 4.77. The van der Waals surface area contributed by atoms with E-state index in [1.165, 1.54) is 0 Å². The highest BCUT2D eigenvalue weighted by Crippen LogP contribution is 1.61. The Labute approximate surface area is 61.7 Å². The van der Waals surface area contributed by atoms with Crippen molar-refractivity contribution in [3.05, 3.63) is 5.21 Å². The summed E-state index contributed by atoms with van der Waals surface area (Å²) in [6.45, 7) is 2.91. The van der Waals surface area contributed by atoms with Crippen LogP contribution in [0.15, 0.2) is 0 Å². The number of hydroxylamine groups is 2. The second kappa shape index (κ2) is 6.95. The van der Waals surface area contributed by atoms with Gasteiger partial charge in [0.25, 0.3) is 0 Å². The zero-order valence-electron chi connectivity index (χ0n) is 6.64. The fourth-order valence-electron chi connectivity index (χ4n) is 0.564. The number of methoxy groups -OCH3 is 1. The summed E-state index contributed by atoms with van der Waals surface area (Å²) in [6.07, 6.45) is 0. The minimum atomic E-state index is 0.227. The Hall–Kier alpha value is -0.160. The molecule has 4 heteroatoms. The van der Waals surface area contributed by atoms with Crippen molar-refractivity contribution in [3.8, 4) is 0 Å². The zero-order valence-corrected chi connectivity index (χ0v) is 6.64. The quantitative estimate of drug-likeness (QED) is 0.346. The lowest BCUT2D eigenvalue weighted by molar-refractivity contribution is -0.824. The van der Waals surface area contributed by atoms with Gasteiger partial charge in [0.1, 0.15) is 0 Å². The van der Waals surface area contributed by atoms with Crippen LogP contribution in [0.2, 0.25) is 0 Å². The number of likely N-dealkylation sites (N-methyl/N-ethyl adjacent to an activating group) is 1. The normalized spacial score (nSPS) is 13.5. The standard InChI is InChI=1S/C6H16N2O2/c1-8(9)5-3-7-4-6-10-2/h7-8H,3-6H2,1-2H3. The summed E-state index contributed by atoms with van der Waals surface area (Å²) in [6, 6.07) is 0. The van der Waals surface area contributed by atoms with Crippen LogP contribution in [0.25, 0.3) is 0 Å². The highest BCUT2D eigenvalue weighted by Gasteiger charge is 1.87. The van der Waals surface area contributed by atoms with Gasteiger partial charge in [-0.25, -0.2) is 0 Å². The van der Waals surface area contributed by atoms with E-state index in [1.54, 1.807) is 14.2 Å². The van der Waals surface area contributed by atoms with E-state index in [9.17, 15) is 5.21 Å². The van der Waals surface area contributed by atoms with Crippen molar-refractivity contribution in [2.24, 2.45) is 0 Å². The average Bonchev–Trinajstić information content (AvgIpc) is 1.87. The molecule has 0 aliphatic rings. The van der Waals surface area contributed by atoms with Crippen molar-refractivity contribution >= 4 is 0 Å². The third-order valence-corrected chi connectivity index (χ3v) is 1.14. The maximum Gasteiger partial charge on any atom is 0.0893 e. The van der Waals surface area contributed by atoms with Gasteiger partial charge in [0.2, 0.25) is 0 Å². The summed E-state index contributed by atoms with van der Waals surface area (Å²) < 4.78 is 4.80. The number of hydrogen-bond donors (Lipinski definition) is 2. The van der Waals surface area contributed by atoms with Gasteiger partial charge in [0, 0.05) is 20.2 Å². The molecule has 0 radical (unpaired) electrons. The third kappa shape index (κ3) is 7.84. The molecular formula is C6H16N2O2. The maximum absolute atomic E-state index is 10.4. The lowest BCUT2D eigenvalue weighted by Gasteiger charge is -2.15. The van der Waals surface area contributed by atoms with E-state index in [1.807, 2.05) is 0 Å². The van der Waals surface area contributed by atoms with Crippen LogP contribution in [0.3, 0.4) is 0 Å².